The van der Waals surface area contributed by atoms with E-state index >= 15 is 0 Å². The molecule has 118 valence electrons. The van der Waals surface area contributed by atoms with Crippen LogP contribution in [0.4, 0.5) is 11.4 Å². The van der Waals surface area contributed by atoms with Crippen molar-refractivity contribution >= 4 is 11.4 Å². The van der Waals surface area contributed by atoms with Crippen LogP contribution in [0.2, 0.25) is 0 Å². The molecule has 0 amide bonds. The van der Waals surface area contributed by atoms with E-state index in [0.29, 0.717) is 6.04 Å². The van der Waals surface area contributed by atoms with E-state index in [9.17, 15) is 0 Å². The average molecular weight is 289 g/mol. The first kappa shape index (κ1) is 16.2. The second-order valence-corrected chi connectivity index (χ2v) is 6.69. The molecule has 1 aromatic carbocycles. The summed E-state index contributed by atoms with van der Waals surface area (Å²) in [6.45, 7) is 11.4. The fourth-order valence-electron chi connectivity index (χ4n) is 3.06. The third-order valence-electron chi connectivity index (χ3n) is 4.34. The lowest BCUT2D eigenvalue weighted by Gasteiger charge is -2.40. The molecule has 0 spiro atoms. The summed E-state index contributed by atoms with van der Waals surface area (Å²) in [4.78, 5) is 4.94. The van der Waals surface area contributed by atoms with Crippen molar-refractivity contribution in [2.45, 2.75) is 39.7 Å². The normalized spacial score (nSPS) is 16.2. The molecule has 0 aromatic heterocycles. The number of para-hydroxylation sites is 2. The maximum Gasteiger partial charge on any atom is 0.0607 e. The van der Waals surface area contributed by atoms with Gasteiger partial charge < -0.3 is 15.1 Å². The maximum absolute atomic E-state index is 3.54. The molecule has 1 aromatic rings. The number of likely N-dealkylation sites (N-methyl/N-ethyl adjacent to an activating group) is 1. The fraction of sp³-hybridized carbons (Fsp3) is 0.667. The Morgan fingerprint density at radius 3 is 2.52 bits per heavy atom. The van der Waals surface area contributed by atoms with Gasteiger partial charge in [-0.15, -0.1) is 0 Å². The SMILES string of the molecule is CC(C)CNCCCC(C)N1CCN(C)c2ccccc21. The lowest BCUT2D eigenvalue weighted by molar-refractivity contribution is 0.505. The van der Waals surface area contributed by atoms with Crippen molar-refractivity contribution in [1.29, 1.82) is 0 Å². The standard InChI is InChI=1S/C18H31N3/c1-15(2)14-19-11-7-8-16(3)21-13-12-20(4)17-9-5-6-10-18(17)21/h5-6,9-10,15-16,19H,7-8,11-14H2,1-4H3. The Morgan fingerprint density at radius 1 is 1.10 bits per heavy atom. The largest absolute Gasteiger partial charge is 0.371 e. The molecule has 1 aliphatic heterocycles. The Labute approximate surface area is 130 Å². The lowest BCUT2D eigenvalue weighted by Crippen LogP contribution is -2.44. The second-order valence-electron chi connectivity index (χ2n) is 6.69. The highest BCUT2D eigenvalue weighted by Gasteiger charge is 2.23. The van der Waals surface area contributed by atoms with Crippen molar-refractivity contribution in [3.8, 4) is 0 Å². The van der Waals surface area contributed by atoms with Crippen LogP contribution in [-0.4, -0.2) is 39.3 Å². The number of hydrogen-bond acceptors (Lipinski definition) is 3. The van der Waals surface area contributed by atoms with Crippen molar-refractivity contribution in [2.24, 2.45) is 5.92 Å². The summed E-state index contributed by atoms with van der Waals surface area (Å²) >= 11 is 0. The Kier molecular flexibility index (Phi) is 5.92. The summed E-state index contributed by atoms with van der Waals surface area (Å²) in [6, 6.07) is 9.40. The van der Waals surface area contributed by atoms with Gasteiger partial charge in [0.15, 0.2) is 0 Å². The molecular weight excluding hydrogens is 258 g/mol. The van der Waals surface area contributed by atoms with E-state index in [0.717, 1.165) is 32.1 Å². The molecule has 1 aliphatic rings. The molecule has 0 aliphatic carbocycles. The smallest absolute Gasteiger partial charge is 0.0607 e. The van der Waals surface area contributed by atoms with Gasteiger partial charge in [0, 0.05) is 26.2 Å². The van der Waals surface area contributed by atoms with E-state index in [2.05, 4.69) is 67.2 Å². The Balaban J connectivity index is 1.86. The van der Waals surface area contributed by atoms with Gasteiger partial charge in [-0.2, -0.15) is 0 Å². The zero-order chi connectivity index (χ0) is 15.2. The van der Waals surface area contributed by atoms with Crippen molar-refractivity contribution in [3.05, 3.63) is 24.3 Å². The van der Waals surface area contributed by atoms with Gasteiger partial charge in [-0.1, -0.05) is 26.0 Å². The van der Waals surface area contributed by atoms with Crippen LogP contribution >= 0.6 is 0 Å². The number of nitrogens with zero attached hydrogens (tertiary/aromatic N) is 2. The summed E-state index contributed by atoms with van der Waals surface area (Å²) in [6.07, 6.45) is 2.51. The van der Waals surface area contributed by atoms with Crippen LogP contribution < -0.4 is 15.1 Å². The van der Waals surface area contributed by atoms with Crippen LogP contribution in [0.15, 0.2) is 24.3 Å². The Bertz CT molecular complexity index is 430. The van der Waals surface area contributed by atoms with Crippen molar-refractivity contribution in [3.63, 3.8) is 0 Å². The van der Waals surface area contributed by atoms with Gasteiger partial charge in [-0.25, -0.2) is 0 Å². The zero-order valence-corrected chi connectivity index (χ0v) is 14.1. The van der Waals surface area contributed by atoms with Gasteiger partial charge in [-0.3, -0.25) is 0 Å². The fourth-order valence-corrected chi connectivity index (χ4v) is 3.06. The third-order valence-corrected chi connectivity index (χ3v) is 4.34. The number of nitrogens with one attached hydrogen (secondary N) is 1. The number of anilines is 2. The number of benzene rings is 1. The van der Waals surface area contributed by atoms with E-state index in [4.69, 9.17) is 0 Å². The van der Waals surface area contributed by atoms with Gasteiger partial charge in [0.25, 0.3) is 0 Å². The second kappa shape index (κ2) is 7.69. The molecule has 3 nitrogen and oxygen atoms in total. The monoisotopic (exact) mass is 289 g/mol. The summed E-state index contributed by atoms with van der Waals surface area (Å²) in [5.41, 5.74) is 2.77. The predicted octanol–water partition coefficient (Wildman–Crippen LogP) is 3.36. The third kappa shape index (κ3) is 4.37. The van der Waals surface area contributed by atoms with E-state index in [1.54, 1.807) is 0 Å². The topological polar surface area (TPSA) is 18.5 Å². The maximum atomic E-state index is 3.54. The summed E-state index contributed by atoms with van der Waals surface area (Å²) < 4.78 is 0. The molecule has 2 rings (SSSR count). The first-order valence-corrected chi connectivity index (χ1v) is 8.37. The first-order valence-electron chi connectivity index (χ1n) is 8.37. The van der Waals surface area contributed by atoms with Crippen LogP contribution in [0.5, 0.6) is 0 Å². The molecule has 1 heterocycles. The highest BCUT2D eigenvalue weighted by atomic mass is 15.3. The minimum absolute atomic E-state index is 0.612. The molecule has 21 heavy (non-hydrogen) atoms. The summed E-state index contributed by atoms with van der Waals surface area (Å²) in [7, 11) is 2.19. The first-order chi connectivity index (χ1) is 10.1. The molecule has 0 saturated heterocycles. The average Bonchev–Trinajstić information content (AvgIpc) is 2.47. The van der Waals surface area contributed by atoms with E-state index < -0.39 is 0 Å². The molecule has 0 bridgehead atoms. The Hall–Kier alpha value is -1.22. The van der Waals surface area contributed by atoms with Crippen LogP contribution in [-0.2, 0) is 0 Å². The van der Waals surface area contributed by atoms with Gasteiger partial charge in [-0.05, 0) is 50.9 Å². The van der Waals surface area contributed by atoms with Gasteiger partial charge in [0.2, 0.25) is 0 Å². The number of rotatable bonds is 7. The van der Waals surface area contributed by atoms with Crippen LogP contribution in [0.1, 0.15) is 33.6 Å². The molecule has 3 heteroatoms. The molecule has 0 fully saturated rings. The predicted molar refractivity (Wildman–Crippen MR) is 93.5 cm³/mol. The van der Waals surface area contributed by atoms with Crippen molar-refractivity contribution in [2.75, 3.05) is 43.0 Å². The highest BCUT2D eigenvalue weighted by molar-refractivity contribution is 5.73. The summed E-state index contributed by atoms with van der Waals surface area (Å²) in [5, 5.41) is 3.54. The quantitative estimate of drug-likeness (QED) is 0.777. The molecule has 0 radical (unpaired) electrons. The number of fused-ring (bicyclic) bond motifs is 1. The molecule has 1 unspecified atom stereocenters. The van der Waals surface area contributed by atoms with E-state index in [1.165, 1.54) is 24.2 Å². The summed E-state index contributed by atoms with van der Waals surface area (Å²) in [5.74, 6) is 0.743. The van der Waals surface area contributed by atoms with Crippen molar-refractivity contribution < 1.29 is 0 Å². The molecule has 1 N–H and O–H groups in total. The zero-order valence-electron chi connectivity index (χ0n) is 14.1. The minimum Gasteiger partial charge on any atom is -0.371 e. The van der Waals surface area contributed by atoms with E-state index in [1.807, 2.05) is 0 Å². The van der Waals surface area contributed by atoms with Crippen LogP contribution in [0, 0.1) is 5.92 Å². The van der Waals surface area contributed by atoms with Crippen LogP contribution in [0.25, 0.3) is 0 Å². The van der Waals surface area contributed by atoms with Gasteiger partial charge in [0.1, 0.15) is 0 Å². The molecule has 0 saturated carbocycles. The molecule has 1 atom stereocenters. The highest BCUT2D eigenvalue weighted by Crippen LogP contribution is 2.33. The number of hydrogen-bond donors (Lipinski definition) is 1. The Morgan fingerprint density at radius 2 is 1.81 bits per heavy atom. The molecular formula is C18H31N3. The van der Waals surface area contributed by atoms with Crippen LogP contribution in [0.3, 0.4) is 0 Å². The lowest BCUT2D eigenvalue weighted by atomic mass is 10.1. The van der Waals surface area contributed by atoms with Crippen molar-refractivity contribution in [1.82, 2.24) is 5.32 Å². The van der Waals surface area contributed by atoms with E-state index in [-0.39, 0.29) is 0 Å². The van der Waals surface area contributed by atoms with Gasteiger partial charge >= 0.3 is 0 Å². The van der Waals surface area contributed by atoms with Gasteiger partial charge in [0.05, 0.1) is 11.4 Å². The minimum atomic E-state index is 0.612.